The molecule has 0 saturated carbocycles. The van der Waals surface area contributed by atoms with E-state index in [0.717, 1.165) is 0 Å². The zero-order valence-corrected chi connectivity index (χ0v) is 46.1. The molecule has 0 bridgehead atoms. The van der Waals surface area contributed by atoms with Crippen molar-refractivity contribution in [3.8, 4) is 0 Å². The molecule has 0 amide bonds. The largest absolute Gasteiger partial charge is 0.479 e. The molecule has 12 unspecified atom stereocenters. The van der Waals surface area contributed by atoms with E-state index < -0.39 is 147 Å². The van der Waals surface area contributed by atoms with Crippen LogP contribution in [0.1, 0.15) is 111 Å². The molecule has 4 aliphatic rings. The van der Waals surface area contributed by atoms with Crippen LogP contribution in [0.25, 0.3) is 0 Å². The highest BCUT2D eigenvalue weighted by atomic mass is 16.7. The molecular formula is C48H88O28. The van der Waals surface area contributed by atoms with E-state index in [1.54, 1.807) is 111 Å². The highest BCUT2D eigenvalue weighted by Gasteiger charge is 2.53. The lowest BCUT2D eigenvalue weighted by Gasteiger charge is -2.41. The minimum Gasteiger partial charge on any atom is -0.479 e. The van der Waals surface area contributed by atoms with E-state index in [2.05, 4.69) is 0 Å². The Morgan fingerprint density at radius 3 is 0.500 bits per heavy atom. The quantitative estimate of drug-likeness (QED) is 0.0692. The van der Waals surface area contributed by atoms with Gasteiger partial charge in [-0.2, -0.15) is 0 Å². The van der Waals surface area contributed by atoms with Gasteiger partial charge in [0.2, 0.25) is 0 Å². The summed E-state index contributed by atoms with van der Waals surface area (Å²) in [6.07, 6.45) is -28.2. The molecule has 4 aliphatic heterocycles. The number of aliphatic carboxylic acids is 4. The van der Waals surface area contributed by atoms with Crippen LogP contribution in [-0.4, -0.2) is 257 Å². The van der Waals surface area contributed by atoms with Crippen molar-refractivity contribution in [2.75, 3.05) is 0 Å². The Hall–Kier alpha value is -2.92. The number of aliphatic hydroxyl groups excluding tert-OH is 8. The Balaban J connectivity index is 0.000000507. The minimum absolute atomic E-state index is 0.274. The third-order valence-electron chi connectivity index (χ3n) is 10.5. The Morgan fingerprint density at radius 2 is 0.395 bits per heavy atom. The molecule has 0 aromatic rings. The van der Waals surface area contributed by atoms with Gasteiger partial charge in [-0.05, 0) is 111 Å². The average molecular weight is 1110 g/mol. The second kappa shape index (κ2) is 33.0. The summed E-state index contributed by atoms with van der Waals surface area (Å²) in [5, 5.41) is 116. The molecule has 76 heavy (non-hydrogen) atoms. The molecule has 0 aliphatic carbocycles. The van der Waals surface area contributed by atoms with Crippen molar-refractivity contribution >= 4 is 23.9 Å². The molecule has 0 aromatic heterocycles. The van der Waals surface area contributed by atoms with Crippen LogP contribution in [0.3, 0.4) is 0 Å². The summed E-state index contributed by atoms with van der Waals surface area (Å²) in [6, 6.07) is 0. The smallest absolute Gasteiger partial charge is 0.335 e. The van der Waals surface area contributed by atoms with Crippen molar-refractivity contribution in [2.24, 2.45) is 0 Å². The highest BCUT2D eigenvalue weighted by molar-refractivity contribution is 5.74. The summed E-state index contributed by atoms with van der Waals surface area (Å²) in [5.74, 6) is -5.08. The number of carbonyl (C=O) groups is 4. The van der Waals surface area contributed by atoms with E-state index in [1.165, 1.54) is 0 Å². The molecule has 28 nitrogen and oxygen atoms in total. The van der Waals surface area contributed by atoms with Crippen molar-refractivity contribution in [3.63, 3.8) is 0 Å². The number of ether oxygens (including phenoxy) is 12. The van der Waals surface area contributed by atoms with E-state index >= 15 is 0 Å². The lowest BCUT2D eigenvalue weighted by atomic mass is 9.98. The zero-order valence-electron chi connectivity index (χ0n) is 46.1. The predicted molar refractivity (Wildman–Crippen MR) is 258 cm³/mol. The number of carboxylic acid groups (broad SMARTS) is 4. The standard InChI is InChI=1S/4C12H22O7/c4*1-5(2)17-9-7(13)8(14)12(18-6(3)4)19-10(9)11(15)16/h4*5-10,12-14H,1-4H3,(H,15,16)/t7-,8+,9+,10+,12?;7-,8+,9+,10-,12?;;/m11../s1. The lowest BCUT2D eigenvalue weighted by Crippen LogP contribution is -2.61. The number of hydrogen-bond donors (Lipinski definition) is 12. The fourth-order valence-electron chi connectivity index (χ4n) is 7.53. The fraction of sp³-hybridized carbons (Fsp3) is 0.917. The third kappa shape index (κ3) is 22.3. The molecule has 28 heteroatoms. The van der Waals surface area contributed by atoms with E-state index in [1.807, 2.05) is 0 Å². The highest BCUT2D eigenvalue weighted by Crippen LogP contribution is 2.30. The van der Waals surface area contributed by atoms with Gasteiger partial charge < -0.3 is 118 Å². The first-order valence-electron chi connectivity index (χ1n) is 25.2. The SMILES string of the molecule is CC(C)OC1OC(C(=O)O)C(OC(C)C)C(O)C1O.CC(C)OC1OC(C(=O)O)C(OC(C)C)C(O)C1O.CC(C)OC1O[C@@H](C(=O)O)[C@@H](OC(C)C)[C@H](O)[C@@H]1O.CC(C)OC1O[C@H](C(=O)O)[C@@H](OC(C)C)[C@H](O)[C@@H]1O. The van der Waals surface area contributed by atoms with Crippen LogP contribution in [0, 0.1) is 0 Å². The Kier molecular flexibility index (Phi) is 30.9. The number of carboxylic acids is 4. The monoisotopic (exact) mass is 1110 g/mol. The molecule has 448 valence electrons. The van der Waals surface area contributed by atoms with E-state index in [4.69, 9.17) is 77.3 Å². The number of rotatable bonds is 20. The molecule has 0 radical (unpaired) electrons. The Morgan fingerprint density at radius 1 is 0.263 bits per heavy atom. The van der Waals surface area contributed by atoms with Crippen LogP contribution in [0.15, 0.2) is 0 Å². The Labute approximate surface area is 442 Å². The molecule has 20 atom stereocenters. The van der Waals surface area contributed by atoms with Crippen LogP contribution in [-0.2, 0) is 76.0 Å². The normalized spacial score (nSPS) is 35.9. The zero-order chi connectivity index (χ0) is 59.0. The number of hydrogen-bond acceptors (Lipinski definition) is 24. The fourth-order valence-corrected chi connectivity index (χ4v) is 7.53. The van der Waals surface area contributed by atoms with Crippen LogP contribution < -0.4 is 0 Å². The maximum Gasteiger partial charge on any atom is 0.335 e. The van der Waals surface area contributed by atoms with Gasteiger partial charge in [0.15, 0.2) is 49.6 Å². The van der Waals surface area contributed by atoms with Crippen molar-refractivity contribution in [2.45, 2.75) is 282 Å². The van der Waals surface area contributed by atoms with Gasteiger partial charge in [0.25, 0.3) is 0 Å². The third-order valence-corrected chi connectivity index (χ3v) is 10.5. The Bertz CT molecular complexity index is 1460. The molecule has 4 fully saturated rings. The van der Waals surface area contributed by atoms with Crippen molar-refractivity contribution in [1.29, 1.82) is 0 Å². The van der Waals surface area contributed by atoms with Crippen LogP contribution in [0.2, 0.25) is 0 Å². The first-order chi connectivity index (χ1) is 34.9. The molecule has 12 N–H and O–H groups in total. The van der Waals surface area contributed by atoms with Gasteiger partial charge >= 0.3 is 23.9 Å². The summed E-state index contributed by atoms with van der Waals surface area (Å²) in [7, 11) is 0. The van der Waals surface area contributed by atoms with Gasteiger partial charge in [0, 0.05) is 0 Å². The maximum absolute atomic E-state index is 11.2. The van der Waals surface area contributed by atoms with Gasteiger partial charge in [-0.25, -0.2) is 19.2 Å². The molecule has 0 aromatic carbocycles. The topological polar surface area (TPSA) is 422 Å². The first-order valence-corrected chi connectivity index (χ1v) is 25.2. The van der Waals surface area contributed by atoms with Crippen molar-refractivity contribution in [3.05, 3.63) is 0 Å². The summed E-state index contributed by atoms with van der Waals surface area (Å²) in [5.41, 5.74) is 0. The second-order valence-electron chi connectivity index (χ2n) is 20.3. The molecule has 4 saturated heterocycles. The van der Waals surface area contributed by atoms with Gasteiger partial charge in [-0.3, -0.25) is 0 Å². The molecule has 4 rings (SSSR count). The van der Waals surface area contributed by atoms with Gasteiger partial charge in [0.1, 0.15) is 73.2 Å². The lowest BCUT2D eigenvalue weighted by molar-refractivity contribution is -0.310. The van der Waals surface area contributed by atoms with E-state index in [0.29, 0.717) is 0 Å². The van der Waals surface area contributed by atoms with Gasteiger partial charge in [-0.15, -0.1) is 0 Å². The maximum atomic E-state index is 11.2. The van der Waals surface area contributed by atoms with E-state index in [-0.39, 0.29) is 48.8 Å². The van der Waals surface area contributed by atoms with Crippen LogP contribution in [0.4, 0.5) is 0 Å². The summed E-state index contributed by atoms with van der Waals surface area (Å²) < 4.78 is 63.1. The van der Waals surface area contributed by atoms with Crippen molar-refractivity contribution in [1.82, 2.24) is 0 Å². The number of aliphatic hydroxyl groups is 8. The predicted octanol–water partition coefficient (Wildman–Crippen LogP) is -1.05. The van der Waals surface area contributed by atoms with Crippen LogP contribution in [0.5, 0.6) is 0 Å². The summed E-state index contributed by atoms with van der Waals surface area (Å²) in [6.45, 7) is 27.4. The average Bonchev–Trinajstić information content (AvgIpc) is 3.27. The first kappa shape index (κ1) is 71.1. The summed E-state index contributed by atoms with van der Waals surface area (Å²) in [4.78, 5) is 44.7. The van der Waals surface area contributed by atoms with Crippen LogP contribution >= 0.6 is 0 Å². The van der Waals surface area contributed by atoms with Crippen molar-refractivity contribution < 1.29 is 137 Å². The summed E-state index contributed by atoms with van der Waals surface area (Å²) >= 11 is 0. The van der Waals surface area contributed by atoms with Gasteiger partial charge in [-0.1, -0.05) is 0 Å². The van der Waals surface area contributed by atoms with E-state index in [9.17, 15) is 60.0 Å². The second-order valence-corrected chi connectivity index (χ2v) is 20.3. The molecule has 0 spiro atoms. The minimum atomic E-state index is -1.39. The molecular weight excluding hydrogens is 1020 g/mol. The molecule has 4 heterocycles. The van der Waals surface area contributed by atoms with Gasteiger partial charge in [0.05, 0.1) is 48.8 Å².